The van der Waals surface area contributed by atoms with Crippen molar-refractivity contribution in [2.24, 2.45) is 0 Å². The average molecular weight is 394 g/mol. The number of ether oxygens (including phenoxy) is 1. The number of benzene rings is 2. The fraction of sp³-hybridized carbons (Fsp3) is 0.316. The summed E-state index contributed by atoms with van der Waals surface area (Å²) in [6.07, 6.45) is 1.34. The lowest BCUT2D eigenvalue weighted by Crippen LogP contribution is -2.36. The maximum atomic E-state index is 13.0. The van der Waals surface area contributed by atoms with Crippen LogP contribution in [0, 0.1) is 0 Å². The van der Waals surface area contributed by atoms with Crippen molar-refractivity contribution in [2.45, 2.75) is 31.2 Å². The molecule has 26 heavy (non-hydrogen) atoms. The number of hydrogen-bond acceptors (Lipinski definition) is 4. The summed E-state index contributed by atoms with van der Waals surface area (Å²) in [6, 6.07) is 12.0. The largest absolute Gasteiger partial charge is 0.462 e. The third-order valence-electron chi connectivity index (χ3n) is 4.33. The van der Waals surface area contributed by atoms with Crippen LogP contribution in [-0.2, 0) is 27.7 Å². The number of esters is 1. The number of halogens is 1. The molecule has 138 valence electrons. The smallest absolute Gasteiger partial charge is 0.339 e. The molecule has 0 aliphatic carbocycles. The molecular formula is C19H20ClNO4S. The third-order valence-corrected chi connectivity index (χ3v) is 6.50. The predicted octanol–water partition coefficient (Wildman–Crippen LogP) is 3.65. The number of hydrogen-bond donors (Lipinski definition) is 0. The summed E-state index contributed by atoms with van der Waals surface area (Å²) in [4.78, 5) is 12.2. The molecule has 0 aromatic heterocycles. The van der Waals surface area contributed by atoms with Crippen LogP contribution in [-0.4, -0.2) is 31.8 Å². The van der Waals surface area contributed by atoms with Crippen molar-refractivity contribution in [1.82, 2.24) is 4.31 Å². The van der Waals surface area contributed by atoms with Gasteiger partial charge in [-0.2, -0.15) is 4.31 Å². The van der Waals surface area contributed by atoms with Gasteiger partial charge in [-0.3, -0.25) is 0 Å². The summed E-state index contributed by atoms with van der Waals surface area (Å²) in [7, 11) is -3.73. The lowest BCUT2D eigenvalue weighted by Gasteiger charge is -2.28. The summed E-state index contributed by atoms with van der Waals surface area (Å²) in [5, 5.41) is 0.175. The molecule has 0 unspecified atom stereocenters. The molecule has 1 heterocycles. The number of fused-ring (bicyclic) bond motifs is 1. The normalized spacial score (nSPS) is 14.7. The SMILES string of the molecule is CCCOC(=O)c1cc(S(=O)(=O)N2CCc3ccccc3C2)ccc1Cl. The quantitative estimate of drug-likeness (QED) is 0.727. The summed E-state index contributed by atoms with van der Waals surface area (Å²) < 4.78 is 32.6. The van der Waals surface area contributed by atoms with E-state index in [1.54, 1.807) is 0 Å². The van der Waals surface area contributed by atoms with E-state index < -0.39 is 16.0 Å². The molecule has 0 N–H and O–H groups in total. The second kappa shape index (κ2) is 7.78. The van der Waals surface area contributed by atoms with Gasteiger partial charge in [-0.15, -0.1) is 0 Å². The Hall–Kier alpha value is -1.89. The molecule has 2 aromatic carbocycles. The Labute approximate surface area is 158 Å². The second-order valence-corrected chi connectivity index (χ2v) is 8.48. The summed E-state index contributed by atoms with van der Waals surface area (Å²) >= 11 is 6.06. The summed E-state index contributed by atoms with van der Waals surface area (Å²) in [6.45, 7) is 2.85. The monoisotopic (exact) mass is 393 g/mol. The van der Waals surface area contributed by atoms with Crippen LogP contribution in [0.15, 0.2) is 47.4 Å². The van der Waals surface area contributed by atoms with Gasteiger partial charge in [-0.1, -0.05) is 42.8 Å². The maximum Gasteiger partial charge on any atom is 0.339 e. The summed E-state index contributed by atoms with van der Waals surface area (Å²) in [5.74, 6) is -0.613. The molecule has 0 radical (unpaired) electrons. The molecule has 5 nitrogen and oxygen atoms in total. The van der Waals surface area contributed by atoms with Gasteiger partial charge >= 0.3 is 5.97 Å². The molecule has 0 saturated heterocycles. The van der Waals surface area contributed by atoms with E-state index >= 15 is 0 Å². The number of carbonyl (C=O) groups excluding carboxylic acids is 1. The molecule has 0 amide bonds. The molecule has 3 rings (SSSR count). The third kappa shape index (κ3) is 3.77. The minimum absolute atomic E-state index is 0.0460. The highest BCUT2D eigenvalue weighted by atomic mass is 35.5. The van der Waals surface area contributed by atoms with Crippen LogP contribution in [0.5, 0.6) is 0 Å². The first-order chi connectivity index (χ1) is 12.4. The molecule has 0 atom stereocenters. The molecular weight excluding hydrogens is 374 g/mol. The zero-order valence-corrected chi connectivity index (χ0v) is 16.0. The van der Waals surface area contributed by atoms with Crippen LogP contribution >= 0.6 is 11.6 Å². The van der Waals surface area contributed by atoms with Gasteiger partial charge in [0.2, 0.25) is 10.0 Å². The fourth-order valence-electron chi connectivity index (χ4n) is 2.92. The van der Waals surface area contributed by atoms with Gasteiger partial charge in [-0.25, -0.2) is 13.2 Å². The molecule has 0 bridgehead atoms. The van der Waals surface area contributed by atoms with Crippen LogP contribution in [0.1, 0.15) is 34.8 Å². The summed E-state index contributed by atoms with van der Waals surface area (Å²) in [5.41, 5.74) is 2.23. The molecule has 0 spiro atoms. The van der Waals surface area contributed by atoms with E-state index in [9.17, 15) is 13.2 Å². The average Bonchev–Trinajstić information content (AvgIpc) is 2.65. The predicted molar refractivity (Wildman–Crippen MR) is 99.8 cm³/mol. The Kier molecular flexibility index (Phi) is 5.65. The van der Waals surface area contributed by atoms with Gasteiger partial charge < -0.3 is 4.74 Å². The lowest BCUT2D eigenvalue weighted by atomic mass is 10.0. The van der Waals surface area contributed by atoms with E-state index in [-0.39, 0.29) is 22.1 Å². The van der Waals surface area contributed by atoms with E-state index in [1.165, 1.54) is 28.1 Å². The van der Waals surface area contributed by atoms with Gasteiger partial charge in [0.1, 0.15) is 0 Å². The van der Waals surface area contributed by atoms with E-state index in [1.807, 2.05) is 31.2 Å². The Bertz CT molecular complexity index is 927. The molecule has 1 aliphatic heterocycles. The Balaban J connectivity index is 1.89. The van der Waals surface area contributed by atoms with Gasteiger partial charge in [0.25, 0.3) is 0 Å². The molecule has 0 saturated carbocycles. The minimum Gasteiger partial charge on any atom is -0.462 e. The fourth-order valence-corrected chi connectivity index (χ4v) is 4.56. The molecule has 1 aliphatic rings. The standard InChI is InChI=1S/C19H20ClNO4S/c1-2-11-25-19(22)17-12-16(7-8-18(17)20)26(23,24)21-10-9-14-5-3-4-6-15(14)13-21/h3-8,12H,2,9-11,13H2,1H3. The Morgan fingerprint density at radius 2 is 1.92 bits per heavy atom. The minimum atomic E-state index is -3.73. The van der Waals surface area contributed by atoms with E-state index in [2.05, 4.69) is 0 Å². The zero-order chi connectivity index (χ0) is 18.7. The van der Waals surface area contributed by atoms with Crippen LogP contribution < -0.4 is 0 Å². The van der Waals surface area contributed by atoms with Crippen molar-refractivity contribution in [3.63, 3.8) is 0 Å². The lowest BCUT2D eigenvalue weighted by molar-refractivity contribution is 0.0505. The Morgan fingerprint density at radius 1 is 1.19 bits per heavy atom. The van der Waals surface area contributed by atoms with Crippen LogP contribution in [0.3, 0.4) is 0 Å². The number of rotatable bonds is 5. The van der Waals surface area contributed by atoms with Gasteiger partial charge in [0.15, 0.2) is 0 Å². The maximum absolute atomic E-state index is 13.0. The van der Waals surface area contributed by atoms with Crippen molar-refractivity contribution in [2.75, 3.05) is 13.2 Å². The van der Waals surface area contributed by atoms with E-state index in [0.717, 1.165) is 5.56 Å². The van der Waals surface area contributed by atoms with Crippen molar-refractivity contribution >= 4 is 27.6 Å². The second-order valence-electron chi connectivity index (χ2n) is 6.13. The number of carbonyl (C=O) groups is 1. The molecule has 2 aromatic rings. The molecule has 7 heteroatoms. The first-order valence-corrected chi connectivity index (χ1v) is 10.3. The molecule has 0 fully saturated rings. The van der Waals surface area contributed by atoms with Crippen molar-refractivity contribution in [1.29, 1.82) is 0 Å². The number of nitrogens with zero attached hydrogens (tertiary/aromatic N) is 1. The highest BCUT2D eigenvalue weighted by Gasteiger charge is 2.29. The first kappa shape index (κ1) is 18.9. The Morgan fingerprint density at radius 3 is 2.65 bits per heavy atom. The topological polar surface area (TPSA) is 63.7 Å². The highest BCUT2D eigenvalue weighted by molar-refractivity contribution is 7.89. The van der Waals surface area contributed by atoms with Crippen LogP contribution in [0.2, 0.25) is 5.02 Å². The van der Waals surface area contributed by atoms with Crippen molar-refractivity contribution < 1.29 is 17.9 Å². The van der Waals surface area contributed by atoms with E-state index in [0.29, 0.717) is 25.9 Å². The van der Waals surface area contributed by atoms with Gasteiger partial charge in [0.05, 0.1) is 22.1 Å². The van der Waals surface area contributed by atoms with Crippen LogP contribution in [0.4, 0.5) is 0 Å². The number of sulfonamides is 1. The first-order valence-electron chi connectivity index (χ1n) is 8.47. The van der Waals surface area contributed by atoms with Gasteiger partial charge in [-0.05, 0) is 42.2 Å². The zero-order valence-electron chi connectivity index (χ0n) is 14.4. The van der Waals surface area contributed by atoms with Crippen molar-refractivity contribution in [3.8, 4) is 0 Å². The van der Waals surface area contributed by atoms with E-state index in [4.69, 9.17) is 16.3 Å². The van der Waals surface area contributed by atoms with Crippen LogP contribution in [0.25, 0.3) is 0 Å². The highest BCUT2D eigenvalue weighted by Crippen LogP contribution is 2.27. The van der Waals surface area contributed by atoms with Crippen molar-refractivity contribution in [3.05, 3.63) is 64.2 Å². The van der Waals surface area contributed by atoms with Gasteiger partial charge in [0, 0.05) is 13.1 Å².